The lowest BCUT2D eigenvalue weighted by molar-refractivity contribution is -0.137. The van der Waals surface area contributed by atoms with E-state index in [9.17, 15) is 18.0 Å². The van der Waals surface area contributed by atoms with Crippen LogP contribution in [0.3, 0.4) is 0 Å². The third-order valence-corrected chi connectivity index (χ3v) is 4.51. The first-order valence-electron chi connectivity index (χ1n) is 7.76. The van der Waals surface area contributed by atoms with E-state index in [0.717, 1.165) is 25.0 Å². The Morgan fingerprint density at radius 2 is 1.96 bits per heavy atom. The molecule has 7 heteroatoms. The molecule has 126 valence electrons. The highest BCUT2D eigenvalue weighted by molar-refractivity contribution is 6.02. The second kappa shape index (κ2) is 5.70. The highest BCUT2D eigenvalue weighted by Gasteiger charge is 2.41. The van der Waals surface area contributed by atoms with Gasteiger partial charge in [0.05, 0.1) is 17.2 Å². The van der Waals surface area contributed by atoms with Gasteiger partial charge in [-0.3, -0.25) is 4.79 Å². The van der Waals surface area contributed by atoms with Gasteiger partial charge in [0, 0.05) is 12.3 Å². The predicted molar refractivity (Wildman–Crippen MR) is 79.1 cm³/mol. The van der Waals surface area contributed by atoms with E-state index in [0.29, 0.717) is 19.4 Å². The molecule has 0 saturated heterocycles. The second-order valence-electron chi connectivity index (χ2n) is 6.07. The quantitative estimate of drug-likeness (QED) is 0.873. The van der Waals surface area contributed by atoms with E-state index in [-0.39, 0.29) is 23.3 Å². The van der Waals surface area contributed by atoms with Crippen molar-refractivity contribution >= 4 is 11.6 Å². The molecule has 1 fully saturated rings. The molecule has 1 aliphatic heterocycles. The molecular weight excluding hydrogens is 309 g/mol. The van der Waals surface area contributed by atoms with Crippen molar-refractivity contribution in [3.05, 3.63) is 29.3 Å². The first kappa shape index (κ1) is 16.1. The number of ether oxygens (including phenoxy) is 1. The van der Waals surface area contributed by atoms with Crippen LogP contribution in [0, 0.1) is 0 Å². The Kier molecular flexibility index (Phi) is 4.00. The molecule has 1 heterocycles. The van der Waals surface area contributed by atoms with E-state index < -0.39 is 17.4 Å². The Labute approximate surface area is 132 Å². The maximum absolute atomic E-state index is 12.9. The van der Waals surface area contributed by atoms with Crippen LogP contribution in [0.1, 0.15) is 48.5 Å². The molecule has 2 N–H and O–H groups in total. The van der Waals surface area contributed by atoms with Gasteiger partial charge in [0.25, 0.3) is 5.91 Å². The van der Waals surface area contributed by atoms with Crippen molar-refractivity contribution in [3.8, 4) is 0 Å². The summed E-state index contributed by atoms with van der Waals surface area (Å²) in [4.78, 5) is 12.3. The minimum absolute atomic E-state index is 0.146. The van der Waals surface area contributed by atoms with Gasteiger partial charge in [0.2, 0.25) is 0 Å². The number of alkyl halides is 3. The van der Waals surface area contributed by atoms with Crippen LogP contribution in [-0.4, -0.2) is 24.3 Å². The topological polar surface area (TPSA) is 50.4 Å². The third kappa shape index (κ3) is 3.15. The highest BCUT2D eigenvalue weighted by Crippen LogP contribution is 2.38. The SMILES string of the molecule is CCOC1CCC2(CC1)NC(=O)c1ccc(C(F)(F)F)cc1N2. The predicted octanol–water partition coefficient (Wildman–Crippen LogP) is 3.54. The number of benzene rings is 1. The molecule has 1 aromatic carbocycles. The van der Waals surface area contributed by atoms with Crippen LogP contribution in [-0.2, 0) is 10.9 Å². The standard InChI is InChI=1S/C16H19F3N2O2/c1-2-23-11-5-7-15(8-6-11)20-13-9-10(16(17,18)19)3-4-12(13)14(22)21-15/h3-4,9,11,20H,2,5-8H2,1H3,(H,21,22). The first-order valence-corrected chi connectivity index (χ1v) is 7.76. The number of hydrogen-bond acceptors (Lipinski definition) is 3. The van der Waals surface area contributed by atoms with Crippen LogP contribution < -0.4 is 10.6 Å². The highest BCUT2D eigenvalue weighted by atomic mass is 19.4. The average Bonchev–Trinajstić information content (AvgIpc) is 2.48. The molecular formula is C16H19F3N2O2. The van der Waals surface area contributed by atoms with Crippen molar-refractivity contribution in [3.63, 3.8) is 0 Å². The Bertz CT molecular complexity index is 608. The van der Waals surface area contributed by atoms with E-state index in [4.69, 9.17) is 4.74 Å². The van der Waals surface area contributed by atoms with E-state index in [1.165, 1.54) is 6.07 Å². The Morgan fingerprint density at radius 3 is 2.57 bits per heavy atom. The molecule has 1 aliphatic carbocycles. The maximum Gasteiger partial charge on any atom is 0.416 e. The van der Waals surface area contributed by atoms with Gasteiger partial charge in [-0.1, -0.05) is 0 Å². The van der Waals surface area contributed by atoms with Crippen LogP contribution in [0.15, 0.2) is 18.2 Å². The fourth-order valence-corrected chi connectivity index (χ4v) is 3.33. The summed E-state index contributed by atoms with van der Waals surface area (Å²) in [7, 11) is 0. The van der Waals surface area contributed by atoms with Crippen molar-refractivity contribution in [2.75, 3.05) is 11.9 Å². The van der Waals surface area contributed by atoms with E-state index >= 15 is 0 Å². The summed E-state index contributed by atoms with van der Waals surface area (Å²) in [6, 6.07) is 3.17. The third-order valence-electron chi connectivity index (χ3n) is 4.51. The van der Waals surface area contributed by atoms with E-state index in [1.54, 1.807) is 0 Å². The fourth-order valence-electron chi connectivity index (χ4n) is 3.33. The molecule has 23 heavy (non-hydrogen) atoms. The summed E-state index contributed by atoms with van der Waals surface area (Å²) in [6.45, 7) is 2.56. The van der Waals surface area contributed by atoms with Crippen molar-refractivity contribution in [2.45, 2.75) is 50.6 Å². The van der Waals surface area contributed by atoms with Gasteiger partial charge < -0.3 is 15.4 Å². The number of amides is 1. The van der Waals surface area contributed by atoms with Crippen LogP contribution in [0.4, 0.5) is 18.9 Å². The van der Waals surface area contributed by atoms with Gasteiger partial charge in [-0.2, -0.15) is 13.2 Å². The molecule has 1 spiro atoms. The van der Waals surface area contributed by atoms with E-state index in [1.807, 2.05) is 6.92 Å². The number of halogens is 3. The molecule has 2 aliphatic rings. The molecule has 1 saturated carbocycles. The number of anilines is 1. The molecule has 4 nitrogen and oxygen atoms in total. The van der Waals surface area contributed by atoms with Crippen molar-refractivity contribution < 1.29 is 22.7 Å². The average molecular weight is 328 g/mol. The van der Waals surface area contributed by atoms with Crippen LogP contribution in [0.25, 0.3) is 0 Å². The summed E-state index contributed by atoms with van der Waals surface area (Å²) in [5.41, 5.74) is -0.937. The van der Waals surface area contributed by atoms with Crippen molar-refractivity contribution in [2.24, 2.45) is 0 Å². The monoisotopic (exact) mass is 328 g/mol. The molecule has 0 bridgehead atoms. The lowest BCUT2D eigenvalue weighted by atomic mass is 9.84. The first-order chi connectivity index (χ1) is 10.8. The van der Waals surface area contributed by atoms with Crippen molar-refractivity contribution in [1.82, 2.24) is 5.32 Å². The minimum Gasteiger partial charge on any atom is -0.379 e. The molecule has 0 radical (unpaired) electrons. The van der Waals surface area contributed by atoms with Gasteiger partial charge in [-0.25, -0.2) is 0 Å². The lowest BCUT2D eigenvalue weighted by Crippen LogP contribution is -2.59. The number of carbonyl (C=O) groups is 1. The number of fused-ring (bicyclic) bond motifs is 1. The smallest absolute Gasteiger partial charge is 0.379 e. The lowest BCUT2D eigenvalue weighted by Gasteiger charge is -2.44. The summed E-state index contributed by atoms with van der Waals surface area (Å²) in [5, 5.41) is 6.05. The van der Waals surface area contributed by atoms with Gasteiger partial charge >= 0.3 is 6.18 Å². The Morgan fingerprint density at radius 1 is 1.26 bits per heavy atom. The summed E-state index contributed by atoms with van der Waals surface area (Å²) in [6.07, 6.45) is -1.51. The van der Waals surface area contributed by atoms with Gasteiger partial charge in [-0.15, -0.1) is 0 Å². The van der Waals surface area contributed by atoms with E-state index in [2.05, 4.69) is 10.6 Å². The molecule has 0 aromatic heterocycles. The zero-order valence-electron chi connectivity index (χ0n) is 12.8. The Balaban J connectivity index is 1.84. The summed E-state index contributed by atoms with van der Waals surface area (Å²) in [5.74, 6) is -0.331. The van der Waals surface area contributed by atoms with Crippen LogP contribution >= 0.6 is 0 Å². The maximum atomic E-state index is 12.9. The minimum atomic E-state index is -4.43. The van der Waals surface area contributed by atoms with Gasteiger partial charge in [0.15, 0.2) is 0 Å². The molecule has 3 rings (SSSR count). The summed E-state index contributed by atoms with van der Waals surface area (Å²) >= 11 is 0. The molecule has 0 unspecified atom stereocenters. The number of carbonyl (C=O) groups excluding carboxylic acids is 1. The summed E-state index contributed by atoms with van der Waals surface area (Å²) < 4.78 is 44.2. The number of nitrogens with one attached hydrogen (secondary N) is 2. The molecule has 1 amide bonds. The van der Waals surface area contributed by atoms with Crippen LogP contribution in [0.5, 0.6) is 0 Å². The van der Waals surface area contributed by atoms with Crippen LogP contribution in [0.2, 0.25) is 0 Å². The second-order valence-corrected chi connectivity index (χ2v) is 6.07. The Hall–Kier alpha value is -1.76. The van der Waals surface area contributed by atoms with Gasteiger partial charge in [-0.05, 0) is 50.8 Å². The fraction of sp³-hybridized carbons (Fsp3) is 0.562. The number of hydrogen-bond donors (Lipinski definition) is 2. The number of rotatable bonds is 2. The van der Waals surface area contributed by atoms with Crippen molar-refractivity contribution in [1.29, 1.82) is 0 Å². The largest absolute Gasteiger partial charge is 0.416 e. The normalized spacial score (nSPS) is 27.3. The molecule has 1 aromatic rings. The molecule has 0 atom stereocenters. The zero-order chi connectivity index (χ0) is 16.7. The van der Waals surface area contributed by atoms with Gasteiger partial charge in [0.1, 0.15) is 5.66 Å². The zero-order valence-corrected chi connectivity index (χ0v) is 12.8.